The van der Waals surface area contributed by atoms with E-state index in [-0.39, 0.29) is 11.8 Å². The third kappa shape index (κ3) is 2.96. The van der Waals surface area contributed by atoms with Crippen molar-refractivity contribution in [1.29, 1.82) is 0 Å². The lowest BCUT2D eigenvalue weighted by molar-refractivity contribution is -0.119. The van der Waals surface area contributed by atoms with E-state index in [0.717, 1.165) is 42.5 Å². The Morgan fingerprint density at radius 2 is 2.00 bits per heavy atom. The summed E-state index contributed by atoms with van der Waals surface area (Å²) in [6.07, 6.45) is 4.91. The molecule has 1 saturated carbocycles. The Hall–Kier alpha value is -2.36. The highest BCUT2D eigenvalue weighted by Gasteiger charge is 2.23. The minimum atomic E-state index is 0.103. The van der Waals surface area contributed by atoms with Crippen LogP contribution in [0.25, 0.3) is 11.3 Å². The van der Waals surface area contributed by atoms with Crippen LogP contribution in [0.5, 0.6) is 0 Å². The van der Waals surface area contributed by atoms with Crippen LogP contribution in [0.1, 0.15) is 41.8 Å². The lowest BCUT2D eigenvalue weighted by Crippen LogP contribution is -2.20. The summed E-state index contributed by atoms with van der Waals surface area (Å²) in [5, 5.41) is 3.03. The van der Waals surface area contributed by atoms with E-state index in [0.29, 0.717) is 17.8 Å². The number of amides is 1. The first-order valence-corrected chi connectivity index (χ1v) is 7.64. The van der Waals surface area contributed by atoms with E-state index in [9.17, 15) is 9.59 Å². The van der Waals surface area contributed by atoms with Gasteiger partial charge in [0.2, 0.25) is 5.91 Å². The molecule has 1 aromatic carbocycles. The SMILES string of the molecule is Cc1ccc(-c2ccc(C=O)o2)cc1NC(=O)C1CCCC1. The van der Waals surface area contributed by atoms with Crippen LogP contribution in [-0.2, 0) is 4.79 Å². The van der Waals surface area contributed by atoms with Crippen LogP contribution >= 0.6 is 0 Å². The molecule has 1 heterocycles. The van der Waals surface area contributed by atoms with Crippen molar-refractivity contribution in [2.24, 2.45) is 5.92 Å². The fourth-order valence-electron chi connectivity index (χ4n) is 2.90. The molecule has 3 rings (SSSR count). The molecule has 1 amide bonds. The zero-order chi connectivity index (χ0) is 15.5. The predicted molar refractivity (Wildman–Crippen MR) is 84.9 cm³/mol. The number of rotatable bonds is 4. The Morgan fingerprint density at radius 1 is 1.23 bits per heavy atom. The molecule has 0 atom stereocenters. The molecular formula is C18H19NO3. The van der Waals surface area contributed by atoms with Crippen molar-refractivity contribution in [3.8, 4) is 11.3 Å². The molecule has 114 valence electrons. The molecule has 4 heteroatoms. The van der Waals surface area contributed by atoms with Gasteiger partial charge in [0.05, 0.1) is 0 Å². The zero-order valence-corrected chi connectivity index (χ0v) is 12.6. The fourth-order valence-corrected chi connectivity index (χ4v) is 2.90. The van der Waals surface area contributed by atoms with Crippen molar-refractivity contribution in [2.75, 3.05) is 5.32 Å². The second-order valence-corrected chi connectivity index (χ2v) is 5.82. The standard InChI is InChI=1S/C18H19NO3/c1-12-6-7-14(17-9-8-15(11-20)22-17)10-16(12)19-18(21)13-4-2-3-5-13/h6-11,13H,2-5H2,1H3,(H,19,21). The smallest absolute Gasteiger partial charge is 0.227 e. The first-order chi connectivity index (χ1) is 10.7. The van der Waals surface area contributed by atoms with Crippen molar-refractivity contribution in [1.82, 2.24) is 0 Å². The van der Waals surface area contributed by atoms with Crippen molar-refractivity contribution in [3.05, 3.63) is 41.7 Å². The predicted octanol–water partition coefficient (Wildman–Crippen LogP) is 4.20. The molecule has 1 aliphatic rings. The van der Waals surface area contributed by atoms with Gasteiger partial charge in [0.1, 0.15) is 5.76 Å². The molecule has 0 aliphatic heterocycles. The first kappa shape index (κ1) is 14.6. The number of hydrogen-bond acceptors (Lipinski definition) is 3. The van der Waals surface area contributed by atoms with Gasteiger partial charge in [0, 0.05) is 17.2 Å². The summed E-state index contributed by atoms with van der Waals surface area (Å²) in [5.74, 6) is 1.16. The van der Waals surface area contributed by atoms with Crippen LogP contribution in [-0.4, -0.2) is 12.2 Å². The summed E-state index contributed by atoms with van der Waals surface area (Å²) >= 11 is 0. The molecule has 22 heavy (non-hydrogen) atoms. The van der Waals surface area contributed by atoms with Crippen LogP contribution in [0.3, 0.4) is 0 Å². The van der Waals surface area contributed by atoms with Crippen LogP contribution in [0.2, 0.25) is 0 Å². The zero-order valence-electron chi connectivity index (χ0n) is 12.6. The van der Waals surface area contributed by atoms with E-state index < -0.39 is 0 Å². The van der Waals surface area contributed by atoms with E-state index in [4.69, 9.17) is 4.42 Å². The summed E-state index contributed by atoms with van der Waals surface area (Å²) < 4.78 is 5.44. The van der Waals surface area contributed by atoms with Gasteiger partial charge in [-0.2, -0.15) is 0 Å². The maximum atomic E-state index is 12.3. The van der Waals surface area contributed by atoms with Gasteiger partial charge < -0.3 is 9.73 Å². The Balaban J connectivity index is 1.83. The van der Waals surface area contributed by atoms with Gasteiger partial charge >= 0.3 is 0 Å². The summed E-state index contributed by atoms with van der Waals surface area (Å²) in [4.78, 5) is 23.0. The highest BCUT2D eigenvalue weighted by molar-refractivity contribution is 5.94. The normalized spacial score (nSPS) is 15.0. The Bertz CT molecular complexity index is 696. The Morgan fingerprint density at radius 3 is 2.68 bits per heavy atom. The van der Waals surface area contributed by atoms with Gasteiger partial charge in [-0.1, -0.05) is 25.0 Å². The topological polar surface area (TPSA) is 59.3 Å². The highest BCUT2D eigenvalue weighted by Crippen LogP contribution is 2.29. The third-order valence-corrected chi connectivity index (χ3v) is 4.25. The van der Waals surface area contributed by atoms with E-state index >= 15 is 0 Å². The second kappa shape index (κ2) is 6.18. The molecule has 0 unspecified atom stereocenters. The van der Waals surface area contributed by atoms with Gasteiger partial charge in [-0.05, 0) is 43.5 Å². The molecule has 1 aromatic heterocycles. The maximum absolute atomic E-state index is 12.3. The van der Waals surface area contributed by atoms with Crippen LogP contribution < -0.4 is 5.32 Å². The Kier molecular flexibility index (Phi) is 4.09. The van der Waals surface area contributed by atoms with Gasteiger partial charge in [-0.25, -0.2) is 0 Å². The molecule has 0 spiro atoms. The Labute approximate surface area is 129 Å². The quantitative estimate of drug-likeness (QED) is 0.860. The average Bonchev–Trinajstić information content (AvgIpc) is 3.20. The molecule has 1 N–H and O–H groups in total. The van der Waals surface area contributed by atoms with Crippen molar-refractivity contribution >= 4 is 17.9 Å². The van der Waals surface area contributed by atoms with Gasteiger partial charge in [0.25, 0.3) is 0 Å². The number of hydrogen-bond donors (Lipinski definition) is 1. The van der Waals surface area contributed by atoms with E-state index in [2.05, 4.69) is 5.32 Å². The van der Waals surface area contributed by atoms with Crippen molar-refractivity contribution in [2.45, 2.75) is 32.6 Å². The molecule has 0 saturated heterocycles. The lowest BCUT2D eigenvalue weighted by Gasteiger charge is -2.13. The van der Waals surface area contributed by atoms with Gasteiger partial charge in [0.15, 0.2) is 12.0 Å². The van der Waals surface area contributed by atoms with Crippen molar-refractivity contribution < 1.29 is 14.0 Å². The monoisotopic (exact) mass is 297 g/mol. The fraction of sp³-hybridized carbons (Fsp3) is 0.333. The minimum Gasteiger partial charge on any atom is -0.453 e. The number of furan rings is 1. The van der Waals surface area contributed by atoms with E-state index in [1.54, 1.807) is 12.1 Å². The maximum Gasteiger partial charge on any atom is 0.227 e. The molecule has 0 radical (unpaired) electrons. The minimum absolute atomic E-state index is 0.103. The van der Waals surface area contributed by atoms with Crippen LogP contribution in [0, 0.1) is 12.8 Å². The summed E-state index contributed by atoms with van der Waals surface area (Å²) in [5.41, 5.74) is 2.66. The van der Waals surface area contributed by atoms with Gasteiger partial charge in [-0.3, -0.25) is 9.59 Å². The largest absolute Gasteiger partial charge is 0.453 e. The van der Waals surface area contributed by atoms with Crippen LogP contribution in [0.15, 0.2) is 34.7 Å². The third-order valence-electron chi connectivity index (χ3n) is 4.25. The molecule has 1 fully saturated rings. The summed E-state index contributed by atoms with van der Waals surface area (Å²) in [6, 6.07) is 9.17. The molecular weight excluding hydrogens is 278 g/mol. The number of anilines is 1. The van der Waals surface area contributed by atoms with E-state index in [1.165, 1.54) is 0 Å². The lowest BCUT2D eigenvalue weighted by atomic mass is 10.1. The van der Waals surface area contributed by atoms with Gasteiger partial charge in [-0.15, -0.1) is 0 Å². The number of nitrogens with one attached hydrogen (secondary N) is 1. The first-order valence-electron chi connectivity index (χ1n) is 7.64. The number of carbonyl (C=O) groups excluding carboxylic acids is 2. The second-order valence-electron chi connectivity index (χ2n) is 5.82. The number of aldehydes is 1. The average molecular weight is 297 g/mol. The molecule has 1 aliphatic carbocycles. The molecule has 4 nitrogen and oxygen atoms in total. The van der Waals surface area contributed by atoms with E-state index in [1.807, 2.05) is 25.1 Å². The van der Waals surface area contributed by atoms with Crippen LogP contribution in [0.4, 0.5) is 5.69 Å². The number of carbonyl (C=O) groups is 2. The highest BCUT2D eigenvalue weighted by atomic mass is 16.3. The summed E-state index contributed by atoms with van der Waals surface area (Å²) in [6.45, 7) is 1.97. The molecule has 0 bridgehead atoms. The van der Waals surface area contributed by atoms with Crippen molar-refractivity contribution in [3.63, 3.8) is 0 Å². The molecule has 2 aromatic rings. The number of benzene rings is 1. The summed E-state index contributed by atoms with van der Waals surface area (Å²) in [7, 11) is 0. The number of aryl methyl sites for hydroxylation is 1.